The van der Waals surface area contributed by atoms with Crippen LogP contribution in [0.4, 0.5) is 0 Å². The van der Waals surface area contributed by atoms with Crippen LogP contribution >= 0.6 is 0 Å². The van der Waals surface area contributed by atoms with Crippen LogP contribution in [0.1, 0.15) is 53.9 Å². The predicted molar refractivity (Wildman–Crippen MR) is 77.9 cm³/mol. The van der Waals surface area contributed by atoms with Gasteiger partial charge in [-0.3, -0.25) is 10.1 Å². The van der Waals surface area contributed by atoms with E-state index in [1.54, 1.807) is 0 Å². The fraction of sp³-hybridized carbons (Fsp3) is 0.933. The van der Waals surface area contributed by atoms with Crippen LogP contribution in [0, 0.1) is 5.92 Å². The quantitative estimate of drug-likeness (QED) is 0.736. The number of rotatable bonds is 8. The van der Waals surface area contributed by atoms with Crippen LogP contribution in [0.3, 0.4) is 0 Å². The molecular formula is C15H30N2O2. The Morgan fingerprint density at radius 1 is 1.32 bits per heavy atom. The fourth-order valence-electron chi connectivity index (χ4n) is 2.71. The van der Waals surface area contributed by atoms with E-state index in [1.165, 1.54) is 0 Å². The zero-order chi connectivity index (χ0) is 14.4. The maximum atomic E-state index is 12.6. The summed E-state index contributed by atoms with van der Waals surface area (Å²) in [6, 6.07) is 0.121. The van der Waals surface area contributed by atoms with E-state index >= 15 is 0 Å². The lowest BCUT2D eigenvalue weighted by molar-refractivity contribution is -0.134. The molecule has 0 radical (unpaired) electrons. The van der Waals surface area contributed by atoms with E-state index in [1.807, 2.05) is 11.8 Å². The van der Waals surface area contributed by atoms with E-state index in [4.69, 9.17) is 4.74 Å². The third-order valence-corrected chi connectivity index (χ3v) is 4.04. The minimum atomic E-state index is -0.0226. The second kappa shape index (κ2) is 7.85. The van der Waals surface area contributed by atoms with Gasteiger partial charge >= 0.3 is 0 Å². The van der Waals surface area contributed by atoms with Crippen LogP contribution in [-0.2, 0) is 9.53 Å². The summed E-state index contributed by atoms with van der Waals surface area (Å²) in [6.07, 6.45) is 3.29. The van der Waals surface area contributed by atoms with Crippen LogP contribution in [0.2, 0.25) is 0 Å². The highest BCUT2D eigenvalue weighted by Crippen LogP contribution is 2.23. The molecule has 0 bridgehead atoms. The summed E-state index contributed by atoms with van der Waals surface area (Å²) >= 11 is 0. The number of carbonyl (C=O) groups excluding carboxylic acids is 1. The molecule has 0 aromatic heterocycles. The molecule has 1 saturated heterocycles. The van der Waals surface area contributed by atoms with Crippen LogP contribution in [0.5, 0.6) is 0 Å². The molecule has 1 heterocycles. The number of hydrogen-bond donors (Lipinski definition) is 1. The van der Waals surface area contributed by atoms with Gasteiger partial charge in [0.1, 0.15) is 0 Å². The number of carbonyl (C=O) groups is 1. The normalized spacial score (nSPS) is 26.8. The molecule has 0 aromatic carbocycles. The summed E-state index contributed by atoms with van der Waals surface area (Å²) in [5, 5.41) is 3.52. The summed E-state index contributed by atoms with van der Waals surface area (Å²) in [4.78, 5) is 14.6. The lowest BCUT2D eigenvalue weighted by atomic mass is 9.99. The third kappa shape index (κ3) is 3.93. The van der Waals surface area contributed by atoms with E-state index in [9.17, 15) is 4.79 Å². The van der Waals surface area contributed by atoms with Gasteiger partial charge < -0.3 is 9.64 Å². The molecule has 4 heteroatoms. The topological polar surface area (TPSA) is 41.6 Å². The first-order valence-corrected chi connectivity index (χ1v) is 7.72. The molecule has 0 aromatic rings. The SMILES string of the molecule is CCCC1NC(C(C)CC)C(=O)N1C(C)COCC. The Morgan fingerprint density at radius 2 is 2.00 bits per heavy atom. The second-order valence-electron chi connectivity index (χ2n) is 5.59. The summed E-state index contributed by atoms with van der Waals surface area (Å²) in [5.41, 5.74) is 0. The average Bonchev–Trinajstić information content (AvgIpc) is 2.72. The molecule has 1 aliphatic heterocycles. The van der Waals surface area contributed by atoms with Crippen molar-refractivity contribution in [2.45, 2.75) is 72.1 Å². The molecule has 1 fully saturated rings. The molecule has 112 valence electrons. The van der Waals surface area contributed by atoms with Crippen molar-refractivity contribution in [3.63, 3.8) is 0 Å². The molecule has 4 nitrogen and oxygen atoms in total. The Bertz CT molecular complexity index is 283. The number of ether oxygens (including phenoxy) is 1. The first kappa shape index (κ1) is 16.4. The van der Waals surface area contributed by atoms with Crippen molar-refractivity contribution in [2.24, 2.45) is 5.92 Å². The Labute approximate surface area is 117 Å². The maximum Gasteiger partial charge on any atom is 0.241 e. The monoisotopic (exact) mass is 270 g/mol. The van der Waals surface area contributed by atoms with Crippen LogP contribution in [0.25, 0.3) is 0 Å². The van der Waals surface area contributed by atoms with Gasteiger partial charge in [0.2, 0.25) is 5.91 Å². The van der Waals surface area contributed by atoms with E-state index in [0.717, 1.165) is 19.3 Å². The molecule has 1 aliphatic rings. The second-order valence-corrected chi connectivity index (χ2v) is 5.59. The van der Waals surface area contributed by atoms with Gasteiger partial charge in [-0.1, -0.05) is 33.6 Å². The number of amides is 1. The number of nitrogens with one attached hydrogen (secondary N) is 1. The molecule has 4 unspecified atom stereocenters. The zero-order valence-corrected chi connectivity index (χ0v) is 13.1. The van der Waals surface area contributed by atoms with E-state index in [-0.39, 0.29) is 24.2 Å². The molecule has 0 spiro atoms. The van der Waals surface area contributed by atoms with Crippen molar-refractivity contribution in [1.82, 2.24) is 10.2 Å². The average molecular weight is 270 g/mol. The summed E-state index contributed by atoms with van der Waals surface area (Å²) in [7, 11) is 0. The van der Waals surface area contributed by atoms with E-state index < -0.39 is 0 Å². The standard InChI is InChI=1S/C15H30N2O2/c1-6-9-13-16-14(11(4)7-2)15(18)17(13)12(5)10-19-8-3/h11-14,16H,6-10H2,1-5H3. The number of nitrogens with zero attached hydrogens (tertiary/aromatic N) is 1. The fourth-order valence-corrected chi connectivity index (χ4v) is 2.71. The molecule has 1 amide bonds. The highest BCUT2D eigenvalue weighted by molar-refractivity contribution is 5.85. The van der Waals surface area contributed by atoms with Crippen LogP contribution < -0.4 is 5.32 Å². The van der Waals surface area contributed by atoms with Crippen molar-refractivity contribution < 1.29 is 9.53 Å². The molecular weight excluding hydrogens is 240 g/mol. The van der Waals surface area contributed by atoms with Gasteiger partial charge in [0.05, 0.1) is 24.9 Å². The van der Waals surface area contributed by atoms with Gasteiger partial charge in [-0.15, -0.1) is 0 Å². The Balaban J connectivity index is 2.76. The summed E-state index contributed by atoms with van der Waals surface area (Å²) in [6.45, 7) is 11.8. The van der Waals surface area contributed by atoms with Gasteiger partial charge in [-0.25, -0.2) is 0 Å². The first-order chi connectivity index (χ1) is 9.06. The number of hydrogen-bond acceptors (Lipinski definition) is 3. The summed E-state index contributed by atoms with van der Waals surface area (Å²) in [5.74, 6) is 0.635. The van der Waals surface area contributed by atoms with E-state index in [0.29, 0.717) is 19.1 Å². The molecule has 1 N–H and O–H groups in total. The van der Waals surface area contributed by atoms with Crippen molar-refractivity contribution in [3.8, 4) is 0 Å². The lowest BCUT2D eigenvalue weighted by Crippen LogP contribution is -2.45. The van der Waals surface area contributed by atoms with Crippen molar-refractivity contribution in [2.75, 3.05) is 13.2 Å². The minimum absolute atomic E-state index is 0.0226. The van der Waals surface area contributed by atoms with Gasteiger partial charge in [0.15, 0.2) is 0 Å². The van der Waals surface area contributed by atoms with Crippen LogP contribution in [-0.4, -0.2) is 42.3 Å². The smallest absolute Gasteiger partial charge is 0.241 e. The van der Waals surface area contributed by atoms with Crippen molar-refractivity contribution >= 4 is 5.91 Å². The van der Waals surface area contributed by atoms with Gasteiger partial charge in [0.25, 0.3) is 0 Å². The highest BCUT2D eigenvalue weighted by Gasteiger charge is 2.42. The minimum Gasteiger partial charge on any atom is -0.380 e. The van der Waals surface area contributed by atoms with Gasteiger partial charge in [-0.2, -0.15) is 0 Å². The summed E-state index contributed by atoms with van der Waals surface area (Å²) < 4.78 is 5.48. The Hall–Kier alpha value is -0.610. The largest absolute Gasteiger partial charge is 0.380 e. The van der Waals surface area contributed by atoms with Gasteiger partial charge in [0, 0.05) is 6.61 Å². The molecule has 1 rings (SSSR count). The van der Waals surface area contributed by atoms with Crippen LogP contribution in [0.15, 0.2) is 0 Å². The Kier molecular flexibility index (Phi) is 6.80. The third-order valence-electron chi connectivity index (χ3n) is 4.04. The Morgan fingerprint density at radius 3 is 2.53 bits per heavy atom. The molecule has 0 saturated carbocycles. The first-order valence-electron chi connectivity index (χ1n) is 7.72. The van der Waals surface area contributed by atoms with Crippen molar-refractivity contribution in [1.29, 1.82) is 0 Å². The maximum absolute atomic E-state index is 12.6. The molecule has 4 atom stereocenters. The highest BCUT2D eigenvalue weighted by atomic mass is 16.5. The zero-order valence-electron chi connectivity index (χ0n) is 13.1. The van der Waals surface area contributed by atoms with E-state index in [2.05, 4.69) is 33.0 Å². The molecule has 19 heavy (non-hydrogen) atoms. The van der Waals surface area contributed by atoms with Gasteiger partial charge in [-0.05, 0) is 26.2 Å². The lowest BCUT2D eigenvalue weighted by Gasteiger charge is -2.30. The van der Waals surface area contributed by atoms with Crippen molar-refractivity contribution in [3.05, 3.63) is 0 Å². The molecule has 0 aliphatic carbocycles. The predicted octanol–water partition coefficient (Wildman–Crippen LogP) is 2.38.